The molecular formula is C19H26N4O. The SMILES string of the molecule is CCCN(CC1CC1)C(=O)NCCc1cnn(-c2ccccc2)c1. The molecule has 0 aliphatic heterocycles. The van der Waals surface area contributed by atoms with Crippen LogP contribution in [-0.4, -0.2) is 40.3 Å². The summed E-state index contributed by atoms with van der Waals surface area (Å²) in [6, 6.07) is 10.1. The van der Waals surface area contributed by atoms with E-state index in [-0.39, 0.29) is 6.03 Å². The number of rotatable bonds is 8. The van der Waals surface area contributed by atoms with Crippen molar-refractivity contribution in [2.75, 3.05) is 19.6 Å². The Morgan fingerprint density at radius 1 is 1.33 bits per heavy atom. The molecular weight excluding hydrogens is 300 g/mol. The average molecular weight is 326 g/mol. The summed E-state index contributed by atoms with van der Waals surface area (Å²) in [5.74, 6) is 0.728. The lowest BCUT2D eigenvalue weighted by Crippen LogP contribution is -2.42. The van der Waals surface area contributed by atoms with Crippen molar-refractivity contribution < 1.29 is 4.79 Å². The van der Waals surface area contributed by atoms with Crippen molar-refractivity contribution >= 4 is 6.03 Å². The largest absolute Gasteiger partial charge is 0.338 e. The van der Waals surface area contributed by atoms with E-state index in [2.05, 4.69) is 17.3 Å². The van der Waals surface area contributed by atoms with Gasteiger partial charge in [0.15, 0.2) is 0 Å². The molecule has 3 rings (SSSR count). The number of para-hydroxylation sites is 1. The van der Waals surface area contributed by atoms with Gasteiger partial charge in [-0.2, -0.15) is 5.10 Å². The Balaban J connectivity index is 1.47. The zero-order chi connectivity index (χ0) is 16.8. The summed E-state index contributed by atoms with van der Waals surface area (Å²) in [5.41, 5.74) is 2.18. The molecule has 1 N–H and O–H groups in total. The molecule has 2 amide bonds. The Morgan fingerprint density at radius 3 is 2.83 bits per heavy atom. The van der Waals surface area contributed by atoms with Gasteiger partial charge < -0.3 is 10.2 Å². The van der Waals surface area contributed by atoms with E-state index in [0.717, 1.165) is 43.1 Å². The van der Waals surface area contributed by atoms with Crippen molar-refractivity contribution in [2.45, 2.75) is 32.6 Å². The molecule has 24 heavy (non-hydrogen) atoms. The molecule has 0 atom stereocenters. The summed E-state index contributed by atoms with van der Waals surface area (Å²) in [6.45, 7) is 4.51. The van der Waals surface area contributed by atoms with E-state index in [4.69, 9.17) is 0 Å². The summed E-state index contributed by atoms with van der Waals surface area (Å²) in [7, 11) is 0. The van der Waals surface area contributed by atoms with Crippen LogP contribution in [0.1, 0.15) is 31.7 Å². The fourth-order valence-corrected chi connectivity index (χ4v) is 2.79. The average Bonchev–Trinajstić information content (AvgIpc) is 3.30. The molecule has 1 heterocycles. The number of urea groups is 1. The number of nitrogens with zero attached hydrogens (tertiary/aromatic N) is 3. The highest BCUT2D eigenvalue weighted by Crippen LogP contribution is 2.29. The van der Waals surface area contributed by atoms with Gasteiger partial charge in [-0.25, -0.2) is 9.48 Å². The number of aromatic nitrogens is 2. The quantitative estimate of drug-likeness (QED) is 0.809. The van der Waals surface area contributed by atoms with E-state index in [9.17, 15) is 4.79 Å². The Bertz CT molecular complexity index is 648. The maximum absolute atomic E-state index is 12.3. The lowest BCUT2D eigenvalue weighted by molar-refractivity contribution is 0.195. The van der Waals surface area contributed by atoms with E-state index in [1.165, 1.54) is 12.8 Å². The molecule has 2 aromatic rings. The van der Waals surface area contributed by atoms with Gasteiger partial charge in [0.25, 0.3) is 0 Å². The first-order valence-electron chi connectivity index (χ1n) is 8.88. The van der Waals surface area contributed by atoms with Gasteiger partial charge in [-0.15, -0.1) is 0 Å². The molecule has 128 valence electrons. The van der Waals surface area contributed by atoms with Gasteiger partial charge in [0.1, 0.15) is 0 Å². The minimum absolute atomic E-state index is 0.0687. The molecule has 0 radical (unpaired) electrons. The van der Waals surface area contributed by atoms with Gasteiger partial charge in [0.05, 0.1) is 11.9 Å². The normalized spacial score (nSPS) is 13.7. The van der Waals surface area contributed by atoms with Crippen molar-refractivity contribution in [2.24, 2.45) is 5.92 Å². The molecule has 1 aliphatic rings. The Labute approximate surface area is 143 Å². The minimum Gasteiger partial charge on any atom is -0.338 e. The van der Waals surface area contributed by atoms with Crippen LogP contribution in [0.4, 0.5) is 4.79 Å². The second-order valence-corrected chi connectivity index (χ2v) is 6.50. The monoisotopic (exact) mass is 326 g/mol. The minimum atomic E-state index is 0.0687. The number of carbonyl (C=O) groups excluding carboxylic acids is 1. The molecule has 1 aromatic carbocycles. The maximum atomic E-state index is 12.3. The topological polar surface area (TPSA) is 50.2 Å². The molecule has 0 bridgehead atoms. The van der Waals surface area contributed by atoms with Crippen LogP contribution in [0, 0.1) is 5.92 Å². The third-order valence-corrected chi connectivity index (χ3v) is 4.30. The number of hydrogen-bond acceptors (Lipinski definition) is 2. The fraction of sp³-hybridized carbons (Fsp3) is 0.474. The molecule has 1 fully saturated rings. The van der Waals surface area contributed by atoms with Crippen molar-refractivity contribution in [3.63, 3.8) is 0 Å². The van der Waals surface area contributed by atoms with Crippen LogP contribution in [0.5, 0.6) is 0 Å². The summed E-state index contributed by atoms with van der Waals surface area (Å²) in [5, 5.41) is 7.44. The third-order valence-electron chi connectivity index (χ3n) is 4.30. The predicted molar refractivity (Wildman–Crippen MR) is 95.3 cm³/mol. The van der Waals surface area contributed by atoms with Gasteiger partial charge in [-0.05, 0) is 49.3 Å². The third kappa shape index (κ3) is 4.60. The summed E-state index contributed by atoms with van der Waals surface area (Å²) in [6.07, 6.45) is 8.23. The van der Waals surface area contributed by atoms with E-state index in [0.29, 0.717) is 6.54 Å². The first-order chi connectivity index (χ1) is 11.8. The van der Waals surface area contributed by atoms with E-state index in [1.807, 2.05) is 52.3 Å². The fourth-order valence-electron chi connectivity index (χ4n) is 2.79. The standard InChI is InChI=1S/C19H26N4O/c1-2-12-22(14-16-8-9-16)19(24)20-11-10-17-13-21-23(15-17)18-6-4-3-5-7-18/h3-7,13,15-16H,2,8-12,14H2,1H3,(H,20,24). The van der Waals surface area contributed by atoms with Crippen LogP contribution in [0.15, 0.2) is 42.7 Å². The molecule has 1 saturated carbocycles. The predicted octanol–water partition coefficient (Wildman–Crippen LogP) is 3.25. The summed E-state index contributed by atoms with van der Waals surface area (Å²) < 4.78 is 1.87. The van der Waals surface area contributed by atoms with Crippen LogP contribution in [0.25, 0.3) is 5.69 Å². The van der Waals surface area contributed by atoms with Crippen molar-refractivity contribution in [3.05, 3.63) is 48.3 Å². The molecule has 0 unspecified atom stereocenters. The molecule has 1 aromatic heterocycles. The Kier molecular flexibility index (Phi) is 5.51. The molecule has 0 spiro atoms. The zero-order valence-corrected chi connectivity index (χ0v) is 14.3. The lowest BCUT2D eigenvalue weighted by Gasteiger charge is -2.22. The molecule has 5 heteroatoms. The van der Waals surface area contributed by atoms with Gasteiger partial charge in [0.2, 0.25) is 0 Å². The van der Waals surface area contributed by atoms with Gasteiger partial charge in [0, 0.05) is 25.8 Å². The molecule has 0 saturated heterocycles. The van der Waals surface area contributed by atoms with Crippen molar-refractivity contribution in [3.8, 4) is 5.69 Å². The number of amides is 2. The first-order valence-corrected chi connectivity index (χ1v) is 8.88. The Hall–Kier alpha value is -2.30. The van der Waals surface area contributed by atoms with Crippen molar-refractivity contribution in [1.82, 2.24) is 20.0 Å². The van der Waals surface area contributed by atoms with Crippen LogP contribution >= 0.6 is 0 Å². The summed E-state index contributed by atoms with van der Waals surface area (Å²) >= 11 is 0. The van der Waals surface area contributed by atoms with Gasteiger partial charge in [-0.1, -0.05) is 25.1 Å². The highest BCUT2D eigenvalue weighted by Gasteiger charge is 2.26. The zero-order valence-electron chi connectivity index (χ0n) is 14.3. The highest BCUT2D eigenvalue weighted by atomic mass is 16.2. The number of benzene rings is 1. The number of nitrogens with one attached hydrogen (secondary N) is 1. The molecule has 5 nitrogen and oxygen atoms in total. The van der Waals surface area contributed by atoms with Crippen molar-refractivity contribution in [1.29, 1.82) is 0 Å². The number of carbonyl (C=O) groups is 1. The van der Waals surface area contributed by atoms with Crippen LogP contribution in [-0.2, 0) is 6.42 Å². The van der Waals surface area contributed by atoms with Gasteiger partial charge >= 0.3 is 6.03 Å². The second-order valence-electron chi connectivity index (χ2n) is 6.50. The molecule has 1 aliphatic carbocycles. The van der Waals surface area contributed by atoms with E-state index < -0.39 is 0 Å². The van der Waals surface area contributed by atoms with E-state index in [1.54, 1.807) is 0 Å². The van der Waals surface area contributed by atoms with E-state index >= 15 is 0 Å². The lowest BCUT2D eigenvalue weighted by atomic mass is 10.2. The first kappa shape index (κ1) is 16.6. The summed E-state index contributed by atoms with van der Waals surface area (Å²) in [4.78, 5) is 14.3. The smallest absolute Gasteiger partial charge is 0.317 e. The number of hydrogen-bond donors (Lipinski definition) is 1. The Morgan fingerprint density at radius 2 is 2.12 bits per heavy atom. The second kappa shape index (κ2) is 7.99. The highest BCUT2D eigenvalue weighted by molar-refractivity contribution is 5.74. The van der Waals surface area contributed by atoms with Gasteiger partial charge in [-0.3, -0.25) is 0 Å². The van der Waals surface area contributed by atoms with Crippen LogP contribution in [0.3, 0.4) is 0 Å². The van der Waals surface area contributed by atoms with Crippen LogP contribution in [0.2, 0.25) is 0 Å². The maximum Gasteiger partial charge on any atom is 0.317 e. The van der Waals surface area contributed by atoms with Crippen LogP contribution < -0.4 is 5.32 Å².